The summed E-state index contributed by atoms with van der Waals surface area (Å²) in [5, 5.41) is 3.43. The number of amides is 1. The van der Waals surface area contributed by atoms with E-state index in [-0.39, 0.29) is 5.91 Å². The lowest BCUT2D eigenvalue weighted by molar-refractivity contribution is 0.0815. The molecule has 1 N–H and O–H groups in total. The average molecular weight is 216 g/mol. The summed E-state index contributed by atoms with van der Waals surface area (Å²) in [5.41, 5.74) is 4.75. The minimum Gasteiger partial charge on any atom is -0.337 e. The lowest BCUT2D eigenvalue weighted by Crippen LogP contribution is -2.29. The number of rotatable bonds is 0. The number of carbonyl (C=O) groups is 1. The first kappa shape index (κ1) is 9.85. The summed E-state index contributed by atoms with van der Waals surface area (Å²) in [6, 6.07) is 4.66. The molecule has 2 heterocycles. The Kier molecular flexibility index (Phi) is 2.04. The molecule has 0 aliphatic carbocycles. The van der Waals surface area contributed by atoms with Gasteiger partial charge in [-0.15, -0.1) is 0 Å². The molecule has 1 unspecified atom stereocenters. The molecule has 1 amide bonds. The normalized spacial score (nSPS) is 23.2. The molecule has 0 spiro atoms. The van der Waals surface area contributed by atoms with Gasteiger partial charge in [-0.2, -0.15) is 0 Å². The SMILES string of the molecule is CC1NCCc2c1ccc1c2C(=O)N(C)C1. The molecule has 2 aliphatic heterocycles. The Morgan fingerprint density at radius 3 is 3.06 bits per heavy atom. The molecule has 1 atom stereocenters. The molecule has 1 aromatic rings. The number of hydrogen-bond acceptors (Lipinski definition) is 2. The minimum absolute atomic E-state index is 0.195. The molecular formula is C13H16N2O. The molecule has 84 valence electrons. The van der Waals surface area contributed by atoms with Crippen molar-refractivity contribution in [3.05, 3.63) is 34.4 Å². The predicted octanol–water partition coefficient (Wildman–Crippen LogP) is 1.48. The fraction of sp³-hybridized carbons (Fsp3) is 0.462. The first-order valence-corrected chi connectivity index (χ1v) is 5.82. The second-order valence-electron chi connectivity index (χ2n) is 4.75. The van der Waals surface area contributed by atoms with Crippen molar-refractivity contribution in [2.75, 3.05) is 13.6 Å². The van der Waals surface area contributed by atoms with Crippen molar-refractivity contribution >= 4 is 5.91 Å². The summed E-state index contributed by atoms with van der Waals surface area (Å²) in [4.78, 5) is 13.9. The van der Waals surface area contributed by atoms with Gasteiger partial charge in [-0.3, -0.25) is 4.79 Å². The highest BCUT2D eigenvalue weighted by Gasteiger charge is 2.30. The summed E-state index contributed by atoms with van der Waals surface area (Å²) in [5.74, 6) is 0.195. The van der Waals surface area contributed by atoms with Crippen molar-refractivity contribution in [1.82, 2.24) is 10.2 Å². The van der Waals surface area contributed by atoms with Crippen LogP contribution in [0.25, 0.3) is 0 Å². The van der Waals surface area contributed by atoms with Crippen molar-refractivity contribution in [3.8, 4) is 0 Å². The number of nitrogens with one attached hydrogen (secondary N) is 1. The molecule has 0 aromatic heterocycles. The fourth-order valence-corrected chi connectivity index (χ4v) is 2.83. The summed E-state index contributed by atoms with van der Waals surface area (Å²) in [6.45, 7) is 3.90. The quantitative estimate of drug-likeness (QED) is 0.712. The highest BCUT2D eigenvalue weighted by Crippen LogP contribution is 2.32. The number of carbonyl (C=O) groups excluding carboxylic acids is 1. The molecule has 0 radical (unpaired) electrons. The zero-order valence-corrected chi connectivity index (χ0v) is 9.71. The smallest absolute Gasteiger partial charge is 0.254 e. The van der Waals surface area contributed by atoms with Crippen LogP contribution in [0.1, 0.15) is 40.0 Å². The van der Waals surface area contributed by atoms with Crippen molar-refractivity contribution in [1.29, 1.82) is 0 Å². The molecule has 0 saturated carbocycles. The lowest BCUT2D eigenvalue weighted by atomic mass is 9.89. The van der Waals surface area contributed by atoms with Crippen LogP contribution in [0, 0.1) is 0 Å². The van der Waals surface area contributed by atoms with E-state index < -0.39 is 0 Å². The third-order valence-corrected chi connectivity index (χ3v) is 3.70. The maximum atomic E-state index is 12.1. The van der Waals surface area contributed by atoms with E-state index in [1.54, 1.807) is 4.90 Å². The molecule has 0 bridgehead atoms. The Hall–Kier alpha value is -1.35. The Bertz CT molecular complexity index is 467. The van der Waals surface area contributed by atoms with E-state index >= 15 is 0 Å². The van der Waals surface area contributed by atoms with Gasteiger partial charge in [-0.1, -0.05) is 12.1 Å². The van der Waals surface area contributed by atoms with E-state index in [0.29, 0.717) is 6.04 Å². The van der Waals surface area contributed by atoms with Gasteiger partial charge >= 0.3 is 0 Å². The zero-order chi connectivity index (χ0) is 11.3. The standard InChI is InChI=1S/C13H16N2O/c1-8-10-4-3-9-7-15(2)13(16)12(9)11(10)5-6-14-8/h3-4,8,14H,5-7H2,1-2H3. The summed E-state index contributed by atoms with van der Waals surface area (Å²) in [7, 11) is 1.87. The average Bonchev–Trinajstić information content (AvgIpc) is 2.56. The molecular weight excluding hydrogens is 200 g/mol. The summed E-state index contributed by atoms with van der Waals surface area (Å²) < 4.78 is 0. The van der Waals surface area contributed by atoms with Gasteiger partial charge in [0.15, 0.2) is 0 Å². The van der Waals surface area contributed by atoms with E-state index in [1.165, 1.54) is 16.7 Å². The molecule has 1 aromatic carbocycles. The zero-order valence-electron chi connectivity index (χ0n) is 9.71. The van der Waals surface area contributed by atoms with E-state index in [4.69, 9.17) is 0 Å². The van der Waals surface area contributed by atoms with E-state index in [0.717, 1.165) is 25.1 Å². The van der Waals surface area contributed by atoms with Gasteiger partial charge in [0.1, 0.15) is 0 Å². The van der Waals surface area contributed by atoms with Crippen LogP contribution >= 0.6 is 0 Å². The maximum Gasteiger partial charge on any atom is 0.254 e. The van der Waals surface area contributed by atoms with Crippen molar-refractivity contribution in [3.63, 3.8) is 0 Å². The van der Waals surface area contributed by atoms with Crippen LogP contribution in [0.4, 0.5) is 0 Å². The van der Waals surface area contributed by atoms with Crippen LogP contribution < -0.4 is 5.32 Å². The third kappa shape index (κ3) is 1.21. The second kappa shape index (κ2) is 3.32. The lowest BCUT2D eigenvalue weighted by Gasteiger charge is -2.25. The maximum absolute atomic E-state index is 12.1. The largest absolute Gasteiger partial charge is 0.337 e. The van der Waals surface area contributed by atoms with Crippen molar-refractivity contribution < 1.29 is 4.79 Å². The number of benzene rings is 1. The van der Waals surface area contributed by atoms with Gasteiger partial charge in [0.05, 0.1) is 0 Å². The first-order valence-electron chi connectivity index (χ1n) is 5.82. The van der Waals surface area contributed by atoms with Crippen LogP contribution in [-0.2, 0) is 13.0 Å². The minimum atomic E-state index is 0.195. The van der Waals surface area contributed by atoms with Crippen molar-refractivity contribution in [2.45, 2.75) is 25.9 Å². The molecule has 2 aliphatic rings. The molecule has 0 fully saturated rings. The highest BCUT2D eigenvalue weighted by atomic mass is 16.2. The fourth-order valence-electron chi connectivity index (χ4n) is 2.83. The topological polar surface area (TPSA) is 32.3 Å². The van der Waals surface area contributed by atoms with Gasteiger partial charge in [0, 0.05) is 25.2 Å². The van der Waals surface area contributed by atoms with Crippen LogP contribution in [-0.4, -0.2) is 24.4 Å². The Morgan fingerprint density at radius 1 is 1.44 bits per heavy atom. The van der Waals surface area contributed by atoms with Gasteiger partial charge in [-0.05, 0) is 36.6 Å². The third-order valence-electron chi connectivity index (χ3n) is 3.70. The van der Waals surface area contributed by atoms with Crippen LogP contribution in [0.3, 0.4) is 0 Å². The highest BCUT2D eigenvalue weighted by molar-refractivity contribution is 6.00. The van der Waals surface area contributed by atoms with E-state index in [9.17, 15) is 4.79 Å². The number of hydrogen-bond donors (Lipinski definition) is 1. The second-order valence-corrected chi connectivity index (χ2v) is 4.75. The van der Waals surface area contributed by atoms with E-state index in [2.05, 4.69) is 24.4 Å². The van der Waals surface area contributed by atoms with Gasteiger partial charge in [-0.25, -0.2) is 0 Å². The summed E-state index contributed by atoms with van der Waals surface area (Å²) in [6.07, 6.45) is 0.975. The Labute approximate surface area is 95.4 Å². The van der Waals surface area contributed by atoms with E-state index in [1.807, 2.05) is 7.05 Å². The van der Waals surface area contributed by atoms with Gasteiger partial charge in [0.25, 0.3) is 5.91 Å². The molecule has 3 nitrogen and oxygen atoms in total. The van der Waals surface area contributed by atoms with Crippen LogP contribution in [0.2, 0.25) is 0 Å². The molecule has 0 saturated heterocycles. The number of fused-ring (bicyclic) bond motifs is 3. The Balaban J connectivity index is 2.20. The van der Waals surface area contributed by atoms with Gasteiger partial charge < -0.3 is 10.2 Å². The number of nitrogens with zero attached hydrogens (tertiary/aromatic N) is 1. The predicted molar refractivity (Wildman–Crippen MR) is 62.4 cm³/mol. The Morgan fingerprint density at radius 2 is 2.25 bits per heavy atom. The molecule has 3 heteroatoms. The van der Waals surface area contributed by atoms with Crippen molar-refractivity contribution in [2.24, 2.45) is 0 Å². The van der Waals surface area contributed by atoms with Gasteiger partial charge in [0.2, 0.25) is 0 Å². The first-order chi connectivity index (χ1) is 7.68. The van der Waals surface area contributed by atoms with Crippen LogP contribution in [0.5, 0.6) is 0 Å². The summed E-state index contributed by atoms with van der Waals surface area (Å²) >= 11 is 0. The monoisotopic (exact) mass is 216 g/mol. The molecule has 3 rings (SSSR count). The van der Waals surface area contributed by atoms with Crippen LogP contribution in [0.15, 0.2) is 12.1 Å². The molecule has 16 heavy (non-hydrogen) atoms.